The molecule has 2 aliphatic rings. The van der Waals surface area contributed by atoms with Crippen LogP contribution < -0.4 is 5.32 Å². The quantitative estimate of drug-likeness (QED) is 0.669. The molecule has 7 nitrogen and oxygen atoms in total. The van der Waals surface area contributed by atoms with Crippen LogP contribution in [0.3, 0.4) is 0 Å². The van der Waals surface area contributed by atoms with Crippen molar-refractivity contribution in [1.82, 2.24) is 9.97 Å². The highest BCUT2D eigenvalue weighted by Crippen LogP contribution is 2.49. The number of aliphatic hydroxyl groups excluding tert-OH is 2. The van der Waals surface area contributed by atoms with Crippen LogP contribution in [0.1, 0.15) is 17.2 Å². The fraction of sp³-hybridized carbons (Fsp3) is 0.389. The molecule has 9 heteroatoms. The first kappa shape index (κ1) is 18.6. The van der Waals surface area contributed by atoms with Crippen molar-refractivity contribution < 1.29 is 19.7 Å². The molecule has 2 fully saturated rings. The smallest absolute Gasteiger partial charge is 0.230 e. The molecular weight excluding hydrogens is 393 g/mol. The lowest BCUT2D eigenvalue weighted by molar-refractivity contribution is -0.124. The summed E-state index contributed by atoms with van der Waals surface area (Å²) in [6.45, 7) is 1.85. The number of rotatable bonds is 3. The number of hydrogen-bond acceptors (Lipinski definition) is 6. The second-order valence-electron chi connectivity index (χ2n) is 6.81. The van der Waals surface area contributed by atoms with E-state index >= 15 is 0 Å². The van der Waals surface area contributed by atoms with E-state index in [1.807, 2.05) is 13.0 Å². The number of halogens is 2. The molecule has 0 spiro atoms. The highest BCUT2D eigenvalue weighted by molar-refractivity contribution is 6.41. The van der Waals surface area contributed by atoms with E-state index in [1.165, 1.54) is 12.3 Å². The fourth-order valence-corrected chi connectivity index (χ4v) is 4.20. The lowest BCUT2D eigenvalue weighted by Crippen LogP contribution is -2.49. The van der Waals surface area contributed by atoms with Crippen LogP contribution in [0.25, 0.3) is 0 Å². The molecule has 142 valence electrons. The van der Waals surface area contributed by atoms with Gasteiger partial charge in [0.2, 0.25) is 5.91 Å². The van der Waals surface area contributed by atoms with E-state index in [1.54, 1.807) is 12.3 Å². The Kier molecular flexibility index (Phi) is 4.82. The van der Waals surface area contributed by atoms with Crippen molar-refractivity contribution in [3.05, 3.63) is 52.0 Å². The average Bonchev–Trinajstić information content (AvgIpc) is 3.15. The number of hydrogen-bond donors (Lipinski definition) is 3. The third-order valence-corrected chi connectivity index (χ3v) is 5.79. The van der Waals surface area contributed by atoms with Gasteiger partial charge in [-0.2, -0.15) is 0 Å². The van der Waals surface area contributed by atoms with Gasteiger partial charge in [0, 0.05) is 17.8 Å². The lowest BCUT2D eigenvalue weighted by Gasteiger charge is -2.33. The highest BCUT2D eigenvalue weighted by atomic mass is 35.5. The summed E-state index contributed by atoms with van der Waals surface area (Å²) in [5.41, 5.74) is 2.00. The number of nitrogens with one attached hydrogen (secondary N) is 1. The Hall–Kier alpha value is -1.77. The van der Waals surface area contributed by atoms with Gasteiger partial charge in [0.15, 0.2) is 0 Å². The second-order valence-corrected chi connectivity index (χ2v) is 7.58. The van der Waals surface area contributed by atoms with E-state index in [-0.39, 0.29) is 16.1 Å². The fourth-order valence-electron chi connectivity index (χ4n) is 3.93. The van der Waals surface area contributed by atoms with Crippen molar-refractivity contribution in [3.8, 4) is 0 Å². The zero-order valence-corrected chi connectivity index (χ0v) is 15.7. The molecular formula is C18H17Cl2N3O4. The molecule has 3 N–H and O–H groups in total. The molecule has 0 aliphatic carbocycles. The minimum atomic E-state index is -1.13. The van der Waals surface area contributed by atoms with Crippen LogP contribution in [-0.4, -0.2) is 50.5 Å². The average molecular weight is 410 g/mol. The van der Waals surface area contributed by atoms with E-state index in [0.29, 0.717) is 5.69 Å². The van der Waals surface area contributed by atoms with E-state index in [0.717, 1.165) is 11.3 Å². The van der Waals surface area contributed by atoms with Crippen molar-refractivity contribution in [3.63, 3.8) is 0 Å². The first-order valence-electron chi connectivity index (χ1n) is 8.43. The van der Waals surface area contributed by atoms with Crippen molar-refractivity contribution in [2.45, 2.75) is 37.3 Å². The van der Waals surface area contributed by atoms with Crippen molar-refractivity contribution in [1.29, 1.82) is 0 Å². The standard InChI is InChI=1S/C18H17Cl2N3O4/c1-7-4-8(2-3-21-7)11-12(16-14(25)13(24)15(11)27-16)18(26)23-9-5-10(19)17(20)22-6-9/h2-6,11-16,24-25H,1H3,(H,23,26)/t11-,12-,13+,14-,15-,16+/m1/s1. The zero-order valence-electron chi connectivity index (χ0n) is 14.2. The predicted octanol–water partition coefficient (Wildman–Crippen LogP) is 1.93. The Balaban J connectivity index is 1.65. The molecule has 2 aromatic heterocycles. The number of nitrogens with zero attached hydrogens (tertiary/aromatic N) is 2. The van der Waals surface area contributed by atoms with Crippen molar-refractivity contribution in [2.24, 2.45) is 5.92 Å². The summed E-state index contributed by atoms with van der Waals surface area (Å²) in [6.07, 6.45) is -0.608. The molecule has 2 saturated heterocycles. The molecule has 2 aromatic rings. The van der Waals surface area contributed by atoms with E-state index in [2.05, 4.69) is 15.3 Å². The number of carbonyl (C=O) groups is 1. The SMILES string of the molecule is Cc1cc([C@H]2[C@H]3O[C@H]([C@H](O)[C@@H]3O)[C@@H]2C(=O)Nc2cnc(Cl)c(Cl)c2)ccn1. The monoisotopic (exact) mass is 409 g/mol. The van der Waals surface area contributed by atoms with Gasteiger partial charge in [-0.05, 0) is 30.7 Å². The van der Waals surface area contributed by atoms with Crippen LogP contribution in [0.4, 0.5) is 5.69 Å². The maximum absolute atomic E-state index is 13.0. The first-order valence-corrected chi connectivity index (χ1v) is 9.18. The number of aromatic nitrogens is 2. The minimum Gasteiger partial charge on any atom is -0.388 e. The normalized spacial score (nSPS) is 31.9. The number of carbonyl (C=O) groups excluding carboxylic acids is 1. The van der Waals surface area contributed by atoms with Gasteiger partial charge in [0.25, 0.3) is 0 Å². The Morgan fingerprint density at radius 3 is 2.63 bits per heavy atom. The molecule has 4 rings (SSSR count). The number of aliphatic hydroxyl groups is 2. The van der Waals surface area contributed by atoms with E-state index in [4.69, 9.17) is 27.9 Å². The topological polar surface area (TPSA) is 105 Å². The molecule has 4 heterocycles. The lowest BCUT2D eigenvalue weighted by atomic mass is 9.72. The Morgan fingerprint density at radius 2 is 1.93 bits per heavy atom. The van der Waals surface area contributed by atoms with Crippen LogP contribution in [0, 0.1) is 12.8 Å². The predicted molar refractivity (Wildman–Crippen MR) is 98.8 cm³/mol. The number of pyridine rings is 2. The molecule has 2 aliphatic heterocycles. The van der Waals surface area contributed by atoms with Crippen LogP contribution in [-0.2, 0) is 9.53 Å². The molecule has 0 radical (unpaired) electrons. The van der Waals surface area contributed by atoms with E-state index < -0.39 is 36.3 Å². The molecule has 2 bridgehead atoms. The Morgan fingerprint density at radius 1 is 1.19 bits per heavy atom. The van der Waals surface area contributed by atoms with Gasteiger partial charge in [-0.3, -0.25) is 9.78 Å². The molecule has 0 aromatic carbocycles. The summed E-state index contributed by atoms with van der Waals surface area (Å²) in [5, 5.41) is 23.6. The van der Waals surface area contributed by atoms with Crippen LogP contribution >= 0.6 is 23.2 Å². The van der Waals surface area contributed by atoms with Gasteiger partial charge in [-0.1, -0.05) is 23.2 Å². The van der Waals surface area contributed by atoms with Crippen LogP contribution in [0.15, 0.2) is 30.6 Å². The first-order chi connectivity index (χ1) is 12.9. The van der Waals surface area contributed by atoms with Gasteiger partial charge in [0.1, 0.15) is 17.4 Å². The van der Waals surface area contributed by atoms with Gasteiger partial charge in [-0.15, -0.1) is 0 Å². The Bertz CT molecular complexity index is 897. The summed E-state index contributed by atoms with van der Waals surface area (Å²) in [7, 11) is 0. The van der Waals surface area contributed by atoms with Gasteiger partial charge in [0.05, 0.1) is 35.0 Å². The summed E-state index contributed by atoms with van der Waals surface area (Å²) in [6, 6.07) is 5.15. The summed E-state index contributed by atoms with van der Waals surface area (Å²) >= 11 is 11.8. The third-order valence-electron chi connectivity index (χ3n) is 5.10. The van der Waals surface area contributed by atoms with Gasteiger partial charge < -0.3 is 20.3 Å². The summed E-state index contributed by atoms with van der Waals surface area (Å²) < 4.78 is 5.77. The summed E-state index contributed by atoms with van der Waals surface area (Å²) in [5.74, 6) is -1.46. The van der Waals surface area contributed by atoms with E-state index in [9.17, 15) is 15.0 Å². The number of anilines is 1. The number of ether oxygens (including phenoxy) is 1. The van der Waals surface area contributed by atoms with Crippen LogP contribution in [0.2, 0.25) is 10.2 Å². The highest BCUT2D eigenvalue weighted by Gasteiger charge is 2.61. The summed E-state index contributed by atoms with van der Waals surface area (Å²) in [4.78, 5) is 21.1. The minimum absolute atomic E-state index is 0.140. The Labute approximate surface area is 165 Å². The second kappa shape index (κ2) is 7.00. The van der Waals surface area contributed by atoms with Gasteiger partial charge in [-0.25, -0.2) is 4.98 Å². The zero-order chi connectivity index (χ0) is 19.3. The number of fused-ring (bicyclic) bond motifs is 2. The maximum Gasteiger partial charge on any atom is 0.230 e. The molecule has 6 atom stereocenters. The maximum atomic E-state index is 13.0. The van der Waals surface area contributed by atoms with Crippen molar-refractivity contribution in [2.75, 3.05) is 5.32 Å². The van der Waals surface area contributed by atoms with Gasteiger partial charge >= 0.3 is 0 Å². The number of amides is 1. The molecule has 27 heavy (non-hydrogen) atoms. The van der Waals surface area contributed by atoms with Crippen LogP contribution in [0.5, 0.6) is 0 Å². The van der Waals surface area contributed by atoms with Crippen molar-refractivity contribution >= 4 is 34.8 Å². The number of aryl methyl sites for hydroxylation is 1. The molecule has 1 amide bonds. The molecule has 0 saturated carbocycles. The third kappa shape index (κ3) is 3.19. The molecule has 0 unspecified atom stereocenters. The largest absolute Gasteiger partial charge is 0.388 e.